The molecule has 2 nitrogen and oxygen atoms in total. The van der Waals surface area contributed by atoms with Crippen LogP contribution in [0.3, 0.4) is 0 Å². The van der Waals surface area contributed by atoms with Crippen molar-refractivity contribution in [1.29, 1.82) is 0 Å². The Kier molecular flexibility index (Phi) is 5.19. The second-order valence-electron chi connectivity index (χ2n) is 4.13. The van der Waals surface area contributed by atoms with Gasteiger partial charge in [-0.2, -0.15) is 0 Å². The second kappa shape index (κ2) is 6.42. The lowest BCUT2D eigenvalue weighted by Gasteiger charge is -2.16. The van der Waals surface area contributed by atoms with E-state index in [2.05, 4.69) is 5.32 Å². The Hall–Kier alpha value is -1.32. The molecule has 0 bridgehead atoms. The fourth-order valence-corrected chi connectivity index (χ4v) is 1.30. The van der Waals surface area contributed by atoms with Gasteiger partial charge in [-0.1, -0.05) is 13.0 Å². The lowest BCUT2D eigenvalue weighted by molar-refractivity contribution is 0.130. The first-order valence-electron chi connectivity index (χ1n) is 5.84. The summed E-state index contributed by atoms with van der Waals surface area (Å²) >= 11 is 0. The van der Waals surface area contributed by atoms with Crippen molar-refractivity contribution in [1.82, 2.24) is 0 Å². The van der Waals surface area contributed by atoms with E-state index in [4.69, 9.17) is 4.74 Å². The van der Waals surface area contributed by atoms with Crippen LogP contribution >= 0.6 is 0 Å². The highest BCUT2D eigenvalue weighted by Crippen LogP contribution is 2.20. The number of rotatable bonds is 6. The van der Waals surface area contributed by atoms with E-state index in [0.29, 0.717) is 11.4 Å². The van der Waals surface area contributed by atoms with Gasteiger partial charge in [0.2, 0.25) is 0 Å². The Morgan fingerprint density at radius 3 is 2.59 bits per heavy atom. The van der Waals surface area contributed by atoms with Crippen LogP contribution in [0.2, 0.25) is 0 Å². The molecule has 0 saturated carbocycles. The van der Waals surface area contributed by atoms with Crippen molar-refractivity contribution < 1.29 is 13.5 Å². The average Bonchev–Trinajstić information content (AvgIpc) is 2.29. The van der Waals surface area contributed by atoms with Crippen LogP contribution in [0, 0.1) is 0 Å². The van der Waals surface area contributed by atoms with Gasteiger partial charge in [-0.05, 0) is 32.4 Å². The van der Waals surface area contributed by atoms with Crippen molar-refractivity contribution in [2.24, 2.45) is 0 Å². The van der Waals surface area contributed by atoms with E-state index in [9.17, 15) is 8.78 Å². The highest BCUT2D eigenvalue weighted by molar-refractivity contribution is 5.48. The van der Waals surface area contributed by atoms with Gasteiger partial charge in [-0.15, -0.1) is 0 Å². The van der Waals surface area contributed by atoms with Crippen LogP contribution in [-0.2, 0) is 0 Å². The first-order chi connectivity index (χ1) is 8.02. The summed E-state index contributed by atoms with van der Waals surface area (Å²) in [5.74, 6) is 0.700. The molecular formula is C13H19F2NO. The number of hydrogen-bond donors (Lipinski definition) is 1. The first kappa shape index (κ1) is 13.7. The van der Waals surface area contributed by atoms with Gasteiger partial charge in [-0.25, -0.2) is 8.78 Å². The van der Waals surface area contributed by atoms with Crippen molar-refractivity contribution >= 4 is 5.69 Å². The molecule has 0 radical (unpaired) electrons. The monoisotopic (exact) mass is 243 g/mol. The van der Waals surface area contributed by atoms with Crippen LogP contribution in [0.4, 0.5) is 14.5 Å². The van der Waals surface area contributed by atoms with Gasteiger partial charge in [-0.3, -0.25) is 0 Å². The number of benzene rings is 1. The largest absolute Gasteiger partial charge is 0.491 e. The third-order valence-corrected chi connectivity index (χ3v) is 2.52. The molecule has 2 unspecified atom stereocenters. The van der Waals surface area contributed by atoms with Crippen LogP contribution in [-0.4, -0.2) is 18.6 Å². The Bertz CT molecular complexity index is 344. The summed E-state index contributed by atoms with van der Waals surface area (Å²) in [5, 5.41) is 2.74. The average molecular weight is 243 g/mol. The minimum Gasteiger partial charge on any atom is -0.491 e. The maximum absolute atomic E-state index is 12.4. The number of nitrogens with one attached hydrogen (secondary N) is 1. The molecule has 0 aromatic heterocycles. The van der Waals surface area contributed by atoms with Crippen LogP contribution in [0.1, 0.15) is 27.2 Å². The van der Waals surface area contributed by atoms with Crippen LogP contribution in [0.15, 0.2) is 24.3 Å². The molecule has 0 aliphatic rings. The Labute approximate surface area is 101 Å². The predicted molar refractivity (Wildman–Crippen MR) is 65.9 cm³/mol. The molecule has 4 heteroatoms. The topological polar surface area (TPSA) is 21.3 Å². The van der Waals surface area contributed by atoms with E-state index < -0.39 is 12.5 Å². The summed E-state index contributed by atoms with van der Waals surface area (Å²) in [7, 11) is 0. The smallest absolute Gasteiger partial charge is 0.258 e. The fraction of sp³-hybridized carbons (Fsp3) is 0.538. The minimum absolute atomic E-state index is 0.123. The Morgan fingerprint density at radius 1 is 1.29 bits per heavy atom. The van der Waals surface area contributed by atoms with Gasteiger partial charge >= 0.3 is 0 Å². The zero-order valence-electron chi connectivity index (χ0n) is 10.4. The van der Waals surface area contributed by atoms with Crippen molar-refractivity contribution in [2.75, 3.05) is 5.32 Å². The maximum atomic E-state index is 12.4. The molecule has 1 aromatic carbocycles. The van der Waals surface area contributed by atoms with Crippen molar-refractivity contribution in [3.63, 3.8) is 0 Å². The molecule has 0 fully saturated rings. The van der Waals surface area contributed by atoms with Gasteiger partial charge in [0.05, 0.1) is 12.1 Å². The van der Waals surface area contributed by atoms with Crippen molar-refractivity contribution in [3.05, 3.63) is 24.3 Å². The number of hydrogen-bond acceptors (Lipinski definition) is 2. The lowest BCUT2D eigenvalue weighted by Crippen LogP contribution is -2.23. The molecule has 1 N–H and O–H groups in total. The molecule has 1 aromatic rings. The summed E-state index contributed by atoms with van der Waals surface area (Å²) in [6.07, 6.45) is -1.35. The molecule has 1 rings (SSSR count). The SMILES string of the molecule is CCC(C)Oc1cccc(NC(C)C(F)F)c1. The molecule has 0 spiro atoms. The van der Waals surface area contributed by atoms with Crippen LogP contribution in [0.5, 0.6) is 5.75 Å². The summed E-state index contributed by atoms with van der Waals surface area (Å²) in [6.45, 7) is 5.46. The van der Waals surface area contributed by atoms with Crippen LogP contribution in [0.25, 0.3) is 0 Å². The van der Waals surface area contributed by atoms with E-state index in [1.165, 1.54) is 6.92 Å². The maximum Gasteiger partial charge on any atom is 0.258 e. The van der Waals surface area contributed by atoms with Gasteiger partial charge in [0.1, 0.15) is 5.75 Å². The van der Waals surface area contributed by atoms with Crippen LogP contribution < -0.4 is 10.1 Å². The summed E-state index contributed by atoms with van der Waals surface area (Å²) in [4.78, 5) is 0. The fourth-order valence-electron chi connectivity index (χ4n) is 1.30. The normalized spacial score (nSPS) is 14.5. The molecule has 2 atom stereocenters. The third-order valence-electron chi connectivity index (χ3n) is 2.52. The molecule has 0 aliphatic carbocycles. The van der Waals surface area contributed by atoms with E-state index in [0.717, 1.165) is 6.42 Å². The van der Waals surface area contributed by atoms with E-state index in [-0.39, 0.29) is 6.10 Å². The lowest BCUT2D eigenvalue weighted by atomic mass is 10.2. The number of ether oxygens (including phenoxy) is 1. The number of alkyl halides is 2. The molecule has 0 heterocycles. The molecule has 0 aliphatic heterocycles. The Balaban J connectivity index is 2.65. The Morgan fingerprint density at radius 2 is 2.00 bits per heavy atom. The number of anilines is 1. The van der Waals surface area contributed by atoms with Gasteiger partial charge in [0.25, 0.3) is 6.43 Å². The number of halogens is 2. The zero-order valence-corrected chi connectivity index (χ0v) is 10.4. The zero-order chi connectivity index (χ0) is 12.8. The summed E-state index contributed by atoms with van der Waals surface area (Å²) in [6, 6.07) is 6.24. The third kappa shape index (κ3) is 4.59. The van der Waals surface area contributed by atoms with Gasteiger partial charge < -0.3 is 10.1 Å². The summed E-state index contributed by atoms with van der Waals surface area (Å²) < 4.78 is 30.4. The molecule has 96 valence electrons. The van der Waals surface area contributed by atoms with Gasteiger partial charge in [0.15, 0.2) is 0 Å². The molecule has 17 heavy (non-hydrogen) atoms. The van der Waals surface area contributed by atoms with E-state index in [1.54, 1.807) is 18.2 Å². The minimum atomic E-state index is -2.38. The highest BCUT2D eigenvalue weighted by Gasteiger charge is 2.14. The van der Waals surface area contributed by atoms with Crippen molar-refractivity contribution in [3.8, 4) is 5.75 Å². The first-order valence-corrected chi connectivity index (χ1v) is 5.84. The molecule has 0 saturated heterocycles. The van der Waals surface area contributed by atoms with Gasteiger partial charge in [0, 0.05) is 11.8 Å². The predicted octanol–water partition coefficient (Wildman–Crippen LogP) is 3.93. The summed E-state index contributed by atoms with van der Waals surface area (Å²) in [5.41, 5.74) is 0.651. The van der Waals surface area contributed by atoms with E-state index >= 15 is 0 Å². The molecule has 0 amide bonds. The van der Waals surface area contributed by atoms with Crippen molar-refractivity contribution in [2.45, 2.75) is 45.8 Å². The standard InChI is InChI=1S/C13H19F2NO/c1-4-9(2)17-12-7-5-6-11(8-12)16-10(3)13(14)15/h5-10,13,16H,4H2,1-3H3. The highest BCUT2D eigenvalue weighted by atomic mass is 19.3. The van der Waals surface area contributed by atoms with E-state index in [1.807, 2.05) is 19.9 Å². The quantitative estimate of drug-likeness (QED) is 0.817. The molecular weight excluding hydrogens is 224 g/mol. The second-order valence-corrected chi connectivity index (χ2v) is 4.13.